The van der Waals surface area contributed by atoms with Gasteiger partial charge in [-0.3, -0.25) is 5.32 Å². The Morgan fingerprint density at radius 1 is 1.52 bits per heavy atom. The van der Waals surface area contributed by atoms with E-state index in [1.54, 1.807) is 6.33 Å². The Morgan fingerprint density at radius 2 is 2.33 bits per heavy atom. The number of unbranched alkanes of at least 4 members (excludes halogenated alkanes) is 3. The van der Waals surface area contributed by atoms with Crippen LogP contribution in [0.2, 0.25) is 0 Å². The smallest absolute Gasteiger partial charge is 0.143 e. The quantitative estimate of drug-likeness (QED) is 0.505. The number of aliphatic hydroxyl groups excluding tert-OH is 1. The van der Waals surface area contributed by atoms with Gasteiger partial charge in [-0.25, -0.2) is 4.98 Å². The first-order chi connectivity index (χ1) is 10.2. The second-order valence-electron chi connectivity index (χ2n) is 5.71. The van der Waals surface area contributed by atoms with Gasteiger partial charge >= 0.3 is 0 Å². The average Bonchev–Trinajstić information content (AvgIpc) is 2.90. The molecule has 0 aliphatic carbocycles. The van der Waals surface area contributed by atoms with Gasteiger partial charge in [-0.1, -0.05) is 32.6 Å². The molecule has 2 rings (SSSR count). The zero-order valence-electron chi connectivity index (χ0n) is 12.9. The highest BCUT2D eigenvalue weighted by Gasteiger charge is 2.27. The Kier molecular flexibility index (Phi) is 5.76. The Morgan fingerprint density at radius 3 is 3.00 bits per heavy atom. The molecule has 0 aromatic carbocycles. The van der Waals surface area contributed by atoms with Crippen molar-refractivity contribution in [3.8, 4) is 0 Å². The van der Waals surface area contributed by atoms with E-state index < -0.39 is 6.10 Å². The third kappa shape index (κ3) is 3.63. The number of anilines is 1. The lowest BCUT2D eigenvalue weighted by atomic mass is 10.0. The number of rotatable bonds is 8. The first-order valence-electron chi connectivity index (χ1n) is 7.86. The van der Waals surface area contributed by atoms with Gasteiger partial charge in [0.25, 0.3) is 0 Å². The second-order valence-corrected chi connectivity index (χ2v) is 5.71. The molecule has 6 nitrogen and oxygen atoms in total. The Bertz CT molecular complexity index is 459. The van der Waals surface area contributed by atoms with Crippen LogP contribution in [0.3, 0.4) is 0 Å². The lowest BCUT2D eigenvalue weighted by Crippen LogP contribution is -2.35. The third-order valence-electron chi connectivity index (χ3n) is 4.10. The summed E-state index contributed by atoms with van der Waals surface area (Å²) in [7, 11) is 0. The van der Waals surface area contributed by atoms with Crippen LogP contribution in [0, 0.1) is 0 Å². The van der Waals surface area contributed by atoms with Crippen LogP contribution in [-0.4, -0.2) is 33.7 Å². The molecule has 0 fully saturated rings. The van der Waals surface area contributed by atoms with Crippen molar-refractivity contribution in [1.82, 2.24) is 14.9 Å². The highest BCUT2D eigenvalue weighted by Crippen LogP contribution is 2.30. The van der Waals surface area contributed by atoms with Gasteiger partial charge in [0.05, 0.1) is 25.1 Å². The van der Waals surface area contributed by atoms with E-state index in [4.69, 9.17) is 0 Å². The molecule has 1 aliphatic heterocycles. The van der Waals surface area contributed by atoms with Gasteiger partial charge in [-0.2, -0.15) is 0 Å². The van der Waals surface area contributed by atoms with Crippen molar-refractivity contribution in [2.45, 2.75) is 64.1 Å². The predicted molar refractivity (Wildman–Crippen MR) is 82.1 cm³/mol. The van der Waals surface area contributed by atoms with Crippen LogP contribution in [-0.2, 0) is 4.79 Å². The second kappa shape index (κ2) is 7.56. The van der Waals surface area contributed by atoms with Gasteiger partial charge in [-0.15, -0.1) is 0 Å². The van der Waals surface area contributed by atoms with E-state index in [0.29, 0.717) is 6.67 Å². The van der Waals surface area contributed by atoms with E-state index in [1.807, 2.05) is 11.5 Å². The maximum Gasteiger partial charge on any atom is 0.143 e. The molecule has 6 heteroatoms. The van der Waals surface area contributed by atoms with E-state index in [-0.39, 0.29) is 12.1 Å². The normalized spacial score (nSPS) is 20.4. The molecule has 0 radical (unpaired) electrons. The van der Waals surface area contributed by atoms with Crippen molar-refractivity contribution in [3.63, 3.8) is 0 Å². The zero-order valence-corrected chi connectivity index (χ0v) is 12.9. The van der Waals surface area contributed by atoms with Crippen LogP contribution in [0.25, 0.3) is 0 Å². The van der Waals surface area contributed by atoms with Crippen molar-refractivity contribution in [3.05, 3.63) is 12.0 Å². The van der Waals surface area contributed by atoms with E-state index in [0.717, 1.165) is 30.6 Å². The molecule has 0 amide bonds. The fourth-order valence-corrected chi connectivity index (χ4v) is 2.88. The van der Waals surface area contributed by atoms with Crippen LogP contribution >= 0.6 is 0 Å². The summed E-state index contributed by atoms with van der Waals surface area (Å²) in [5, 5.41) is 16.4. The molecule has 2 heterocycles. The minimum atomic E-state index is -0.448. The molecular weight excluding hydrogens is 268 g/mol. The SMILES string of the molecule is CCCCCCC(C(C)O)n1cnc2c1NCNC2C=O. The zero-order chi connectivity index (χ0) is 15.2. The molecule has 21 heavy (non-hydrogen) atoms. The van der Waals surface area contributed by atoms with E-state index in [1.165, 1.54) is 19.3 Å². The van der Waals surface area contributed by atoms with E-state index in [2.05, 4.69) is 22.5 Å². The van der Waals surface area contributed by atoms with Crippen LogP contribution in [0.1, 0.15) is 63.7 Å². The summed E-state index contributed by atoms with van der Waals surface area (Å²) in [6, 6.07) is -0.367. The monoisotopic (exact) mass is 294 g/mol. The van der Waals surface area contributed by atoms with Gasteiger partial charge in [0.2, 0.25) is 0 Å². The molecule has 0 bridgehead atoms. The van der Waals surface area contributed by atoms with Crippen molar-refractivity contribution in [2.24, 2.45) is 0 Å². The maximum atomic E-state index is 11.1. The standard InChI is InChI=1S/C15H26N4O2/c1-3-4-5-6-7-13(11(2)21)19-10-18-14-12(8-20)16-9-17-15(14)19/h8,10-13,16-17,21H,3-7,9H2,1-2H3. The molecule has 3 N–H and O–H groups in total. The van der Waals surface area contributed by atoms with Gasteiger partial charge in [0.15, 0.2) is 0 Å². The number of carbonyl (C=O) groups excluding carboxylic acids is 1. The van der Waals surface area contributed by atoms with Crippen LogP contribution in [0.4, 0.5) is 5.82 Å². The van der Waals surface area contributed by atoms with Gasteiger partial charge < -0.3 is 19.8 Å². The lowest BCUT2D eigenvalue weighted by molar-refractivity contribution is -0.109. The van der Waals surface area contributed by atoms with Crippen molar-refractivity contribution >= 4 is 12.1 Å². The molecule has 1 aromatic heterocycles. The summed E-state index contributed by atoms with van der Waals surface area (Å²) in [6.07, 6.45) is 7.78. The number of aliphatic hydroxyl groups is 1. The molecule has 118 valence electrons. The van der Waals surface area contributed by atoms with Gasteiger partial charge in [0, 0.05) is 0 Å². The van der Waals surface area contributed by atoms with Crippen molar-refractivity contribution in [1.29, 1.82) is 0 Å². The Hall–Kier alpha value is -1.40. The first kappa shape index (κ1) is 16.0. The highest BCUT2D eigenvalue weighted by molar-refractivity contribution is 5.66. The summed E-state index contributed by atoms with van der Waals surface area (Å²) in [5.74, 6) is 0.854. The first-order valence-corrected chi connectivity index (χ1v) is 7.86. The fourth-order valence-electron chi connectivity index (χ4n) is 2.88. The number of hydrogen-bond donors (Lipinski definition) is 3. The number of imidazole rings is 1. The van der Waals surface area contributed by atoms with Crippen LogP contribution in [0.5, 0.6) is 0 Å². The number of aldehydes is 1. The number of aromatic nitrogens is 2. The van der Waals surface area contributed by atoms with Gasteiger partial charge in [0.1, 0.15) is 23.8 Å². The Labute approximate surface area is 125 Å². The number of nitrogens with zero attached hydrogens (tertiary/aromatic N) is 2. The average molecular weight is 294 g/mol. The largest absolute Gasteiger partial charge is 0.391 e. The minimum absolute atomic E-state index is 0.00370. The number of carbonyl (C=O) groups is 1. The number of hydrogen-bond acceptors (Lipinski definition) is 5. The molecule has 0 saturated carbocycles. The lowest BCUT2D eigenvalue weighted by Gasteiger charge is -2.27. The summed E-state index contributed by atoms with van der Waals surface area (Å²) in [5.41, 5.74) is 0.718. The van der Waals surface area contributed by atoms with Crippen LogP contribution < -0.4 is 10.6 Å². The van der Waals surface area contributed by atoms with Crippen molar-refractivity contribution < 1.29 is 9.90 Å². The summed E-state index contributed by atoms with van der Waals surface area (Å²) in [6.45, 7) is 4.54. The topological polar surface area (TPSA) is 79.2 Å². The Balaban J connectivity index is 2.13. The van der Waals surface area contributed by atoms with E-state index in [9.17, 15) is 9.90 Å². The number of fused-ring (bicyclic) bond motifs is 1. The molecule has 0 spiro atoms. The third-order valence-corrected chi connectivity index (χ3v) is 4.10. The highest BCUT2D eigenvalue weighted by atomic mass is 16.3. The summed E-state index contributed by atoms with van der Waals surface area (Å²) >= 11 is 0. The van der Waals surface area contributed by atoms with Crippen LogP contribution in [0.15, 0.2) is 6.33 Å². The predicted octanol–water partition coefficient (Wildman–Crippen LogP) is 1.99. The van der Waals surface area contributed by atoms with Crippen molar-refractivity contribution in [2.75, 3.05) is 12.0 Å². The molecule has 1 aromatic rings. The molecule has 3 atom stereocenters. The molecule has 1 aliphatic rings. The fraction of sp³-hybridized carbons (Fsp3) is 0.733. The number of nitrogens with one attached hydrogen (secondary N) is 2. The maximum absolute atomic E-state index is 11.1. The molecular formula is C15H26N4O2. The summed E-state index contributed by atoms with van der Waals surface area (Å²) < 4.78 is 1.99. The van der Waals surface area contributed by atoms with E-state index >= 15 is 0 Å². The molecule has 0 saturated heterocycles. The van der Waals surface area contributed by atoms with Gasteiger partial charge in [-0.05, 0) is 13.3 Å². The minimum Gasteiger partial charge on any atom is -0.391 e. The summed E-state index contributed by atoms with van der Waals surface area (Å²) in [4.78, 5) is 15.4. The molecule has 3 unspecified atom stereocenters.